The molecule has 0 amide bonds. The molecule has 10 nitrogen and oxygen atoms in total. The number of fused-ring (bicyclic) bond motifs is 2. The number of aryl methyl sites for hydroxylation is 1. The highest BCUT2D eigenvalue weighted by atomic mass is 32.2. The van der Waals surface area contributed by atoms with Gasteiger partial charge in [-0.1, -0.05) is 42.4 Å². The maximum atomic E-state index is 15.7. The third-order valence-electron chi connectivity index (χ3n) is 9.52. The topological polar surface area (TPSA) is 152 Å². The van der Waals surface area contributed by atoms with Crippen molar-refractivity contribution < 1.29 is 58.0 Å². The van der Waals surface area contributed by atoms with Crippen LogP contribution in [0.2, 0.25) is 0 Å². The number of anilines is 1. The summed E-state index contributed by atoms with van der Waals surface area (Å²) in [5.41, 5.74) is 1.59. The number of rotatable bonds is 19. The number of aliphatic carboxylic acids is 1. The zero-order chi connectivity index (χ0) is 39.8. The van der Waals surface area contributed by atoms with E-state index in [9.17, 15) is 35.0 Å². The van der Waals surface area contributed by atoms with E-state index in [1.165, 1.54) is 11.5 Å². The lowest BCUT2D eigenvalue weighted by Gasteiger charge is -2.30. The molecule has 294 valence electrons. The molecule has 0 saturated carbocycles. The van der Waals surface area contributed by atoms with Gasteiger partial charge in [-0.15, -0.1) is 0 Å². The van der Waals surface area contributed by atoms with Crippen LogP contribution in [0.4, 0.5) is 28.9 Å². The molecule has 0 aliphatic carbocycles. The molecule has 4 rings (SSSR count). The molecule has 0 spiro atoms. The van der Waals surface area contributed by atoms with Gasteiger partial charge in [0.1, 0.15) is 6.54 Å². The van der Waals surface area contributed by atoms with E-state index in [4.69, 9.17) is 9.66 Å². The molecule has 2 heterocycles. The molecule has 3 N–H and O–H groups in total. The molecule has 0 bridgehead atoms. The summed E-state index contributed by atoms with van der Waals surface area (Å²) in [5, 5.41) is 9.02. The predicted molar refractivity (Wildman–Crippen MR) is 199 cm³/mol. The molecular weight excluding hydrogens is 753 g/mol. The van der Waals surface area contributed by atoms with Crippen LogP contribution in [0.3, 0.4) is 0 Å². The summed E-state index contributed by atoms with van der Waals surface area (Å²) < 4.78 is 126. The summed E-state index contributed by atoms with van der Waals surface area (Å²) >= 11 is 0. The van der Waals surface area contributed by atoms with Gasteiger partial charge in [0.25, 0.3) is 25.9 Å². The predicted octanol–water partition coefficient (Wildman–Crippen LogP) is 7.81. The second-order valence-corrected chi connectivity index (χ2v) is 16.8. The Kier molecular flexibility index (Phi) is 14.2. The fourth-order valence-corrected chi connectivity index (χ4v) is 8.08. The van der Waals surface area contributed by atoms with Crippen LogP contribution in [0.25, 0.3) is 6.08 Å². The van der Waals surface area contributed by atoms with E-state index in [2.05, 4.69) is 0 Å². The Morgan fingerprint density at radius 3 is 2.17 bits per heavy atom. The van der Waals surface area contributed by atoms with Gasteiger partial charge in [-0.05, 0) is 82.2 Å². The number of halogens is 4. The van der Waals surface area contributed by atoms with E-state index in [0.29, 0.717) is 32.2 Å². The first kappa shape index (κ1) is 42.6. The van der Waals surface area contributed by atoms with Crippen LogP contribution in [0, 0.1) is 30.2 Å². The molecule has 0 radical (unpaired) electrons. The zero-order valence-electron chi connectivity index (χ0n) is 30.1. The SMILES string of the molecule is Cc1ccc2c(c1)C=C\C(=C/C=C/C=C/C1=[N+](CCCCCC(=O)O)c3c(F)c(F)c(F)c(F)c3C1(C)CCCCS(=O)(=O)O)N2CCCCS(=O)(=O)O. The van der Waals surface area contributed by atoms with Crippen LogP contribution >= 0.6 is 0 Å². The van der Waals surface area contributed by atoms with Crippen molar-refractivity contribution in [2.45, 2.75) is 77.0 Å². The lowest BCUT2D eigenvalue weighted by molar-refractivity contribution is -0.441. The van der Waals surface area contributed by atoms with Crippen LogP contribution in [0.5, 0.6) is 0 Å². The third-order valence-corrected chi connectivity index (χ3v) is 11.1. The summed E-state index contributed by atoms with van der Waals surface area (Å²) in [7, 11) is -8.42. The maximum Gasteiger partial charge on any atom is 0.303 e. The average molecular weight is 798 g/mol. The molecule has 0 fully saturated rings. The average Bonchev–Trinajstić information content (AvgIpc) is 3.32. The highest BCUT2D eigenvalue weighted by Crippen LogP contribution is 2.48. The number of unbranched alkanes of at least 4 members (excludes halogenated alkanes) is 4. The Labute approximate surface area is 313 Å². The van der Waals surface area contributed by atoms with Crippen molar-refractivity contribution >= 4 is 49.4 Å². The number of allylic oxidation sites excluding steroid dienone is 6. The Bertz CT molecular complexity index is 2130. The highest BCUT2D eigenvalue weighted by Gasteiger charge is 2.53. The fraction of sp³-hybridized carbons (Fsp3) is 0.421. The Balaban J connectivity index is 1.70. The zero-order valence-corrected chi connectivity index (χ0v) is 31.7. The molecule has 0 saturated heterocycles. The van der Waals surface area contributed by atoms with E-state index < -0.39 is 71.9 Å². The summed E-state index contributed by atoms with van der Waals surface area (Å²) in [6.07, 6.45) is 13.8. The standard InChI is InChI=1S/C38H44F4N2O8S2/c1-26-16-19-29-27(25-26)17-18-28(43(29)21-10-12-24-54(50,51)52)13-5-3-6-14-30-38(2,20-8-11-23-53(47,48)49)32-33(39)34(40)35(41)36(42)37(32)44(30)22-9-4-7-15-31(45)46/h3,5-6,13-14,16-19,25H,4,7-12,15,20-24H2,1-2H3,(H2-,45,46,47,48,49,50,51,52)/p+1. The Morgan fingerprint density at radius 2 is 1.50 bits per heavy atom. The molecule has 2 aliphatic rings. The largest absolute Gasteiger partial charge is 0.481 e. The highest BCUT2D eigenvalue weighted by molar-refractivity contribution is 7.86. The molecule has 0 aromatic heterocycles. The summed E-state index contributed by atoms with van der Waals surface area (Å²) in [4.78, 5) is 13.0. The number of nitrogens with zero attached hydrogens (tertiary/aromatic N) is 2. The number of carbonyl (C=O) groups is 1. The first-order chi connectivity index (χ1) is 25.3. The molecule has 16 heteroatoms. The van der Waals surface area contributed by atoms with Crippen molar-refractivity contribution in [3.63, 3.8) is 0 Å². The number of benzene rings is 2. The minimum atomic E-state index is -4.31. The lowest BCUT2D eigenvalue weighted by atomic mass is 9.75. The second-order valence-electron chi connectivity index (χ2n) is 13.7. The third kappa shape index (κ3) is 10.8. The van der Waals surface area contributed by atoms with Gasteiger partial charge >= 0.3 is 5.97 Å². The van der Waals surface area contributed by atoms with Crippen LogP contribution in [0.15, 0.2) is 60.4 Å². The molecular formula is C38H45F4N2O8S2+. The molecule has 1 atom stereocenters. The first-order valence-corrected chi connectivity index (χ1v) is 20.8. The van der Waals surface area contributed by atoms with Crippen LogP contribution in [-0.4, -0.2) is 71.9 Å². The monoisotopic (exact) mass is 797 g/mol. The molecule has 2 aliphatic heterocycles. The normalized spacial score (nSPS) is 18.1. The minimum Gasteiger partial charge on any atom is -0.481 e. The van der Waals surface area contributed by atoms with Crippen molar-refractivity contribution in [1.82, 2.24) is 0 Å². The smallest absolute Gasteiger partial charge is 0.303 e. The van der Waals surface area contributed by atoms with E-state index in [0.717, 1.165) is 22.5 Å². The summed E-state index contributed by atoms with van der Waals surface area (Å²) in [5.74, 6) is -9.06. The molecule has 2 aromatic carbocycles. The second kappa shape index (κ2) is 18.0. The summed E-state index contributed by atoms with van der Waals surface area (Å²) in [6.45, 7) is 3.95. The van der Waals surface area contributed by atoms with Gasteiger partial charge in [0.15, 0.2) is 17.3 Å². The van der Waals surface area contributed by atoms with Crippen molar-refractivity contribution in [2.75, 3.05) is 29.5 Å². The van der Waals surface area contributed by atoms with Gasteiger partial charge in [0.05, 0.1) is 22.5 Å². The van der Waals surface area contributed by atoms with Gasteiger partial charge < -0.3 is 10.0 Å². The lowest BCUT2D eigenvalue weighted by Crippen LogP contribution is -2.32. The first-order valence-electron chi connectivity index (χ1n) is 17.6. The van der Waals surface area contributed by atoms with Gasteiger partial charge in [-0.2, -0.15) is 25.8 Å². The van der Waals surface area contributed by atoms with Crippen LogP contribution < -0.4 is 4.90 Å². The van der Waals surface area contributed by atoms with Crippen molar-refractivity contribution in [3.05, 3.63) is 100 Å². The Morgan fingerprint density at radius 1 is 0.833 bits per heavy atom. The fourth-order valence-electron chi connectivity index (χ4n) is 6.94. The number of hydrogen-bond donors (Lipinski definition) is 3. The van der Waals surface area contributed by atoms with Crippen LogP contribution in [-0.2, 0) is 30.4 Å². The maximum absolute atomic E-state index is 15.7. The van der Waals surface area contributed by atoms with Gasteiger partial charge in [-0.3, -0.25) is 13.9 Å². The van der Waals surface area contributed by atoms with Crippen molar-refractivity contribution in [2.24, 2.45) is 0 Å². The van der Waals surface area contributed by atoms with Gasteiger partial charge in [0.2, 0.25) is 11.6 Å². The van der Waals surface area contributed by atoms with E-state index in [1.807, 2.05) is 42.2 Å². The Hall–Kier alpha value is -4.12. The number of carboxylic acid groups (broad SMARTS) is 1. The van der Waals surface area contributed by atoms with Crippen molar-refractivity contribution in [1.29, 1.82) is 0 Å². The number of carboxylic acids is 1. The quantitative estimate of drug-likeness (QED) is 0.0246. The minimum absolute atomic E-state index is 0.0122. The van der Waals surface area contributed by atoms with Crippen LogP contribution in [0.1, 0.15) is 81.4 Å². The van der Waals surface area contributed by atoms with Crippen molar-refractivity contribution in [3.8, 4) is 0 Å². The van der Waals surface area contributed by atoms with Gasteiger partial charge in [-0.25, -0.2) is 13.2 Å². The van der Waals surface area contributed by atoms with Gasteiger partial charge in [0, 0.05) is 36.8 Å². The van der Waals surface area contributed by atoms with E-state index in [-0.39, 0.29) is 50.1 Å². The van der Waals surface area contributed by atoms with E-state index >= 15 is 8.78 Å². The number of hydrogen-bond acceptors (Lipinski definition) is 6. The molecule has 1 unspecified atom stereocenters. The summed E-state index contributed by atoms with van der Waals surface area (Å²) in [6, 6.07) is 5.93. The molecule has 2 aromatic rings. The van der Waals surface area contributed by atoms with E-state index in [1.54, 1.807) is 30.4 Å². The molecule has 54 heavy (non-hydrogen) atoms.